The number of ether oxygens (including phenoxy) is 2. The molecule has 4 nitrogen and oxygen atoms in total. The van der Waals surface area contributed by atoms with Gasteiger partial charge in [0.05, 0.1) is 12.7 Å². The Morgan fingerprint density at radius 2 is 1.86 bits per heavy atom. The van der Waals surface area contributed by atoms with Crippen molar-refractivity contribution in [2.45, 2.75) is 44.6 Å². The Bertz CT molecular complexity index is 364. The normalized spacial score (nSPS) is 37.1. The lowest BCUT2D eigenvalue weighted by atomic mass is 9.77. The van der Waals surface area contributed by atoms with E-state index in [1.807, 2.05) is 0 Å². The highest BCUT2D eigenvalue weighted by atomic mass is 16.5. The van der Waals surface area contributed by atoms with E-state index in [0.717, 1.165) is 31.7 Å². The van der Waals surface area contributed by atoms with Gasteiger partial charge in [0, 0.05) is 26.3 Å². The van der Waals surface area contributed by atoms with Gasteiger partial charge in [-0.25, -0.2) is 0 Å². The summed E-state index contributed by atoms with van der Waals surface area (Å²) in [5.74, 6) is 1.83. The Kier molecular flexibility index (Phi) is 4.72. The minimum Gasteiger partial charge on any atom is -0.381 e. The van der Waals surface area contributed by atoms with Crippen LogP contribution in [0.15, 0.2) is 0 Å². The molecule has 4 heterocycles. The van der Waals surface area contributed by atoms with Crippen LogP contribution in [0.4, 0.5) is 0 Å². The third kappa shape index (κ3) is 3.35. The zero-order valence-electron chi connectivity index (χ0n) is 13.9. The van der Waals surface area contributed by atoms with Crippen LogP contribution in [0.2, 0.25) is 0 Å². The molecule has 4 heteroatoms. The van der Waals surface area contributed by atoms with Crippen LogP contribution in [-0.2, 0) is 9.47 Å². The van der Waals surface area contributed by atoms with Crippen molar-refractivity contribution in [3.63, 3.8) is 0 Å². The van der Waals surface area contributed by atoms with Crippen LogP contribution >= 0.6 is 0 Å². The highest BCUT2D eigenvalue weighted by Crippen LogP contribution is 2.41. The van der Waals surface area contributed by atoms with E-state index in [0.29, 0.717) is 11.5 Å². The molecule has 4 saturated heterocycles. The summed E-state index contributed by atoms with van der Waals surface area (Å²) in [7, 11) is 0. The first kappa shape index (κ1) is 15.4. The maximum absolute atomic E-state index is 6.20. The van der Waals surface area contributed by atoms with Gasteiger partial charge in [-0.2, -0.15) is 0 Å². The minimum absolute atomic E-state index is 0.492. The van der Waals surface area contributed by atoms with E-state index in [1.54, 1.807) is 0 Å². The van der Waals surface area contributed by atoms with Gasteiger partial charge in [0.15, 0.2) is 0 Å². The summed E-state index contributed by atoms with van der Waals surface area (Å²) in [6, 6.07) is 0. The molecule has 22 heavy (non-hydrogen) atoms. The van der Waals surface area contributed by atoms with Crippen molar-refractivity contribution >= 4 is 0 Å². The van der Waals surface area contributed by atoms with Crippen LogP contribution in [0.3, 0.4) is 0 Å². The largest absolute Gasteiger partial charge is 0.381 e. The standard InChI is InChI=1S/C18H32N2O2/c1-8-20(12-16(1)15-2-9-21-10-3-15)13-17-11-18(14-22-17)4-6-19-7-5-18/h15-17,19H,1-14H2. The SMILES string of the molecule is C1CC2(CCN1)COC(CN1CCC(C3CCOCC3)C1)C2. The summed E-state index contributed by atoms with van der Waals surface area (Å²) in [4.78, 5) is 2.69. The van der Waals surface area contributed by atoms with Crippen LogP contribution in [-0.4, -0.2) is 63.5 Å². The van der Waals surface area contributed by atoms with Gasteiger partial charge in [0.1, 0.15) is 0 Å². The molecule has 4 aliphatic heterocycles. The number of rotatable bonds is 3. The number of piperidine rings is 1. The molecule has 1 spiro atoms. The smallest absolute Gasteiger partial charge is 0.0708 e. The molecule has 0 aromatic carbocycles. The molecule has 0 saturated carbocycles. The maximum Gasteiger partial charge on any atom is 0.0708 e. The Balaban J connectivity index is 1.24. The van der Waals surface area contributed by atoms with E-state index in [2.05, 4.69) is 10.2 Å². The fourth-order valence-corrected chi connectivity index (χ4v) is 5.21. The fraction of sp³-hybridized carbons (Fsp3) is 1.00. The number of hydrogen-bond donors (Lipinski definition) is 1. The lowest BCUT2D eigenvalue weighted by Crippen LogP contribution is -2.38. The van der Waals surface area contributed by atoms with Crippen LogP contribution in [0.25, 0.3) is 0 Å². The molecular formula is C18H32N2O2. The van der Waals surface area contributed by atoms with Crippen LogP contribution < -0.4 is 5.32 Å². The molecule has 126 valence electrons. The first-order valence-electron chi connectivity index (χ1n) is 9.45. The highest BCUT2D eigenvalue weighted by Gasteiger charge is 2.42. The molecule has 0 radical (unpaired) electrons. The number of nitrogens with one attached hydrogen (secondary N) is 1. The van der Waals surface area contributed by atoms with Crippen molar-refractivity contribution in [3.8, 4) is 0 Å². The number of hydrogen-bond acceptors (Lipinski definition) is 4. The van der Waals surface area contributed by atoms with Crippen LogP contribution in [0.1, 0.15) is 38.5 Å². The van der Waals surface area contributed by atoms with Crippen molar-refractivity contribution < 1.29 is 9.47 Å². The van der Waals surface area contributed by atoms with Gasteiger partial charge in [0.25, 0.3) is 0 Å². The van der Waals surface area contributed by atoms with Crippen molar-refractivity contribution in [2.75, 3.05) is 52.5 Å². The third-order valence-corrected chi connectivity index (χ3v) is 6.65. The Morgan fingerprint density at radius 3 is 2.68 bits per heavy atom. The molecule has 0 aliphatic carbocycles. The lowest BCUT2D eigenvalue weighted by Gasteiger charge is -2.32. The maximum atomic E-state index is 6.20. The predicted octanol–water partition coefficient (Wildman–Crippen LogP) is 1.89. The Labute approximate surface area is 134 Å². The average Bonchev–Trinajstić information content (AvgIpc) is 3.17. The van der Waals surface area contributed by atoms with Crippen LogP contribution in [0, 0.1) is 17.3 Å². The number of likely N-dealkylation sites (tertiary alicyclic amines) is 1. The summed E-state index contributed by atoms with van der Waals surface area (Å²) < 4.78 is 11.7. The summed E-state index contributed by atoms with van der Waals surface area (Å²) in [6.45, 7) is 9.13. The van der Waals surface area contributed by atoms with Gasteiger partial charge in [-0.15, -0.1) is 0 Å². The second-order valence-corrected chi connectivity index (χ2v) is 8.15. The molecule has 1 N–H and O–H groups in total. The molecule has 2 atom stereocenters. The molecular weight excluding hydrogens is 276 g/mol. The second-order valence-electron chi connectivity index (χ2n) is 8.15. The number of nitrogens with zero attached hydrogens (tertiary/aromatic N) is 1. The third-order valence-electron chi connectivity index (χ3n) is 6.65. The lowest BCUT2D eigenvalue weighted by molar-refractivity contribution is 0.0440. The molecule has 4 rings (SSSR count). The summed E-state index contributed by atoms with van der Waals surface area (Å²) in [6.07, 6.45) is 8.39. The molecule has 0 bridgehead atoms. The van der Waals surface area contributed by atoms with E-state index >= 15 is 0 Å². The van der Waals surface area contributed by atoms with Gasteiger partial charge in [-0.05, 0) is 75.4 Å². The quantitative estimate of drug-likeness (QED) is 0.863. The van der Waals surface area contributed by atoms with Crippen molar-refractivity contribution in [3.05, 3.63) is 0 Å². The minimum atomic E-state index is 0.492. The van der Waals surface area contributed by atoms with Gasteiger partial charge >= 0.3 is 0 Å². The molecule has 2 unspecified atom stereocenters. The molecule has 4 fully saturated rings. The second kappa shape index (κ2) is 6.76. The molecule has 0 aromatic rings. The topological polar surface area (TPSA) is 33.7 Å². The van der Waals surface area contributed by atoms with Gasteiger partial charge in [-0.3, -0.25) is 0 Å². The van der Waals surface area contributed by atoms with Gasteiger partial charge in [0.2, 0.25) is 0 Å². The van der Waals surface area contributed by atoms with E-state index in [1.165, 1.54) is 71.2 Å². The summed E-state index contributed by atoms with van der Waals surface area (Å²) >= 11 is 0. The highest BCUT2D eigenvalue weighted by molar-refractivity contribution is 4.93. The Hall–Kier alpha value is -0.160. The summed E-state index contributed by atoms with van der Waals surface area (Å²) in [5.41, 5.74) is 0.510. The van der Waals surface area contributed by atoms with Crippen LogP contribution in [0.5, 0.6) is 0 Å². The molecule has 4 aliphatic rings. The average molecular weight is 308 g/mol. The fourth-order valence-electron chi connectivity index (χ4n) is 5.21. The van der Waals surface area contributed by atoms with E-state index < -0.39 is 0 Å². The van der Waals surface area contributed by atoms with Crippen molar-refractivity contribution in [1.82, 2.24) is 10.2 Å². The van der Waals surface area contributed by atoms with Gasteiger partial charge < -0.3 is 19.7 Å². The van der Waals surface area contributed by atoms with E-state index in [-0.39, 0.29) is 0 Å². The zero-order valence-corrected chi connectivity index (χ0v) is 13.9. The predicted molar refractivity (Wildman–Crippen MR) is 87.0 cm³/mol. The molecule has 0 aromatic heterocycles. The summed E-state index contributed by atoms with van der Waals surface area (Å²) in [5, 5.41) is 3.49. The van der Waals surface area contributed by atoms with Crippen molar-refractivity contribution in [1.29, 1.82) is 0 Å². The van der Waals surface area contributed by atoms with E-state index in [4.69, 9.17) is 9.47 Å². The van der Waals surface area contributed by atoms with E-state index in [9.17, 15) is 0 Å². The zero-order chi connectivity index (χ0) is 14.8. The first-order chi connectivity index (χ1) is 10.8. The monoisotopic (exact) mass is 308 g/mol. The molecule has 0 amide bonds. The first-order valence-corrected chi connectivity index (χ1v) is 9.45. The van der Waals surface area contributed by atoms with Crippen molar-refractivity contribution in [2.24, 2.45) is 17.3 Å². The van der Waals surface area contributed by atoms with Gasteiger partial charge in [-0.1, -0.05) is 0 Å². The Morgan fingerprint density at radius 1 is 1.05 bits per heavy atom.